The number of aliphatic carboxylic acids is 1. The molecule has 3 aromatic carbocycles. The van der Waals surface area contributed by atoms with Gasteiger partial charge in [0.1, 0.15) is 53.7 Å². The molecule has 0 saturated carbocycles. The van der Waals surface area contributed by atoms with Gasteiger partial charge < -0.3 is 62.8 Å². The summed E-state index contributed by atoms with van der Waals surface area (Å²) in [4.78, 5) is 76.8. The van der Waals surface area contributed by atoms with Crippen LogP contribution in [0.2, 0.25) is 0 Å². The fourth-order valence-electron chi connectivity index (χ4n) is 6.95. The first kappa shape index (κ1) is 50.0. The lowest BCUT2D eigenvalue weighted by Gasteiger charge is -2.30. The van der Waals surface area contributed by atoms with Gasteiger partial charge in [-0.15, -0.1) is 0 Å². The Morgan fingerprint density at radius 3 is 2.29 bits per heavy atom. The van der Waals surface area contributed by atoms with Crippen LogP contribution < -0.4 is 42.6 Å². The Hall–Kier alpha value is -6.97. The number of carbonyl (C=O) groups is 5. The molecule has 4 bridgehead atoms. The largest absolute Gasteiger partial charge is 0.504 e. The molecule has 0 aliphatic carbocycles. The molecule has 0 fully saturated rings. The number of carbonyl (C=O) groups excluding carboxylic acids is 4. The van der Waals surface area contributed by atoms with Gasteiger partial charge in [0.25, 0.3) is 12.3 Å². The van der Waals surface area contributed by atoms with E-state index in [0.29, 0.717) is 17.5 Å². The standard InChI is InChI=1S/C45H55F2N9O10/c1-22-41(60)53-30(44(63)64)16-23-7-12-31(66-21-27(57)19-49)28(15-23)29-17-25(18-32(37(29)59)65-14-6-13-48)36(43(62)52-22)56(5)33(58)20-51-42(61)34-35(38(46)47)54-40(55-39(34)50)24-8-10-26(11-9-24)45(2,3)4/h7-12,15,17-18,22,27,30,36,38,57,59H,6,13-14,16,19-21,48-49H2,1-5H3,(H,51,61)(H,52,62)(H,53,60)(H,63,64)(H2,50,54,55)/t22-,27+,30-,36-/m0/s1. The third-order valence-corrected chi connectivity index (χ3v) is 10.7. The van der Waals surface area contributed by atoms with Gasteiger partial charge in [-0.3, -0.25) is 19.2 Å². The molecule has 0 spiro atoms. The molecule has 5 rings (SSSR count). The van der Waals surface area contributed by atoms with E-state index in [4.69, 9.17) is 26.7 Å². The van der Waals surface area contributed by atoms with Crippen molar-refractivity contribution < 1.29 is 57.5 Å². The van der Waals surface area contributed by atoms with Crippen LogP contribution in [0.15, 0.2) is 54.6 Å². The maximum absolute atomic E-state index is 14.5. The van der Waals surface area contributed by atoms with Crippen molar-refractivity contribution in [3.05, 3.63) is 82.5 Å². The van der Waals surface area contributed by atoms with Crippen LogP contribution in [-0.2, 0) is 31.0 Å². The third-order valence-electron chi connectivity index (χ3n) is 10.7. The van der Waals surface area contributed by atoms with Gasteiger partial charge in [-0.2, -0.15) is 0 Å². The number of aromatic hydroxyl groups is 1. The number of aliphatic hydroxyl groups is 1. The van der Waals surface area contributed by atoms with Gasteiger partial charge in [0.15, 0.2) is 17.3 Å². The highest BCUT2D eigenvalue weighted by atomic mass is 19.3. The third kappa shape index (κ3) is 11.8. The number of aliphatic hydroxyl groups excluding tert-OH is 1. The Balaban J connectivity index is 1.57. The molecule has 21 heteroatoms. The van der Waals surface area contributed by atoms with Gasteiger partial charge in [0.05, 0.1) is 13.2 Å². The summed E-state index contributed by atoms with van der Waals surface area (Å²) in [5.41, 5.74) is 17.2. The topological polar surface area (TPSA) is 308 Å². The number of anilines is 1. The average molecular weight is 920 g/mol. The molecule has 4 atom stereocenters. The van der Waals surface area contributed by atoms with Gasteiger partial charge in [-0.25, -0.2) is 23.5 Å². The number of alkyl halides is 2. The number of aromatic nitrogens is 2. The van der Waals surface area contributed by atoms with Crippen LogP contribution in [0.4, 0.5) is 14.6 Å². The molecule has 4 amide bonds. The molecule has 354 valence electrons. The Morgan fingerprint density at radius 2 is 1.67 bits per heavy atom. The number of nitrogens with zero attached hydrogens (tertiary/aromatic N) is 3. The summed E-state index contributed by atoms with van der Waals surface area (Å²) in [6, 6.07) is 9.43. The highest BCUT2D eigenvalue weighted by Gasteiger charge is 2.35. The molecule has 0 radical (unpaired) electrons. The molecule has 1 aromatic heterocycles. The number of halogens is 2. The smallest absolute Gasteiger partial charge is 0.326 e. The zero-order valence-corrected chi connectivity index (χ0v) is 37.1. The minimum absolute atomic E-state index is 0.000374. The van der Waals surface area contributed by atoms with Crippen molar-refractivity contribution >= 4 is 35.4 Å². The zero-order valence-electron chi connectivity index (χ0n) is 37.1. The monoisotopic (exact) mass is 919 g/mol. The van der Waals surface area contributed by atoms with Crippen molar-refractivity contribution in [2.45, 2.75) is 76.6 Å². The first-order valence-corrected chi connectivity index (χ1v) is 20.9. The van der Waals surface area contributed by atoms with Crippen molar-refractivity contribution in [1.29, 1.82) is 0 Å². The second kappa shape index (κ2) is 21.3. The van der Waals surface area contributed by atoms with E-state index in [1.54, 1.807) is 24.3 Å². The number of nitrogens with one attached hydrogen (secondary N) is 3. The number of rotatable bonds is 15. The van der Waals surface area contributed by atoms with Crippen molar-refractivity contribution in [1.82, 2.24) is 30.8 Å². The number of hydrogen-bond acceptors (Lipinski definition) is 14. The maximum Gasteiger partial charge on any atom is 0.326 e. The molecule has 0 saturated heterocycles. The highest BCUT2D eigenvalue weighted by molar-refractivity contribution is 6.02. The van der Waals surface area contributed by atoms with Gasteiger partial charge in [0, 0.05) is 36.7 Å². The van der Waals surface area contributed by atoms with E-state index in [-0.39, 0.29) is 72.2 Å². The SMILES string of the molecule is C[C@@H]1NC(=O)[C@@H](N(C)C(=O)CNC(=O)c2c(N)nc(-c3ccc(C(C)(C)C)cc3)nc2C(F)F)c2cc(OCCCN)c(O)c(c2)-c2cc(ccc2OC[C@H](O)CN)C[C@@H](C(=O)O)NC1=O. The van der Waals surface area contributed by atoms with Gasteiger partial charge >= 0.3 is 5.97 Å². The Morgan fingerprint density at radius 1 is 0.970 bits per heavy atom. The van der Waals surface area contributed by atoms with Crippen molar-refractivity contribution in [2.75, 3.05) is 45.6 Å². The number of likely N-dealkylation sites (N-methyl/N-ethyl adjacent to an activating group) is 1. The van der Waals surface area contributed by atoms with Crippen LogP contribution in [0.1, 0.15) is 79.3 Å². The highest BCUT2D eigenvalue weighted by Crippen LogP contribution is 2.45. The van der Waals surface area contributed by atoms with Gasteiger partial charge in [-0.05, 0) is 66.3 Å². The van der Waals surface area contributed by atoms with Gasteiger partial charge in [0.2, 0.25) is 17.7 Å². The van der Waals surface area contributed by atoms with Crippen LogP contribution >= 0.6 is 0 Å². The Kier molecular flexibility index (Phi) is 16.2. The normalized spacial score (nSPS) is 16.9. The van der Waals surface area contributed by atoms with E-state index in [9.17, 15) is 48.1 Å². The quantitative estimate of drug-likeness (QED) is 0.0773. The molecule has 0 unspecified atom stereocenters. The molecule has 12 N–H and O–H groups in total. The summed E-state index contributed by atoms with van der Waals surface area (Å²) in [5, 5.41) is 39.2. The van der Waals surface area contributed by atoms with Crippen LogP contribution in [0.25, 0.3) is 22.5 Å². The fraction of sp³-hybridized carbons (Fsp3) is 0.400. The molecular weight excluding hydrogens is 865 g/mol. The lowest BCUT2D eigenvalue weighted by Crippen LogP contribution is -2.53. The maximum atomic E-state index is 14.5. The number of nitrogens with two attached hydrogens (primary N) is 3. The van der Waals surface area contributed by atoms with E-state index >= 15 is 0 Å². The minimum Gasteiger partial charge on any atom is -0.504 e. The van der Waals surface area contributed by atoms with Crippen LogP contribution in [-0.4, -0.2) is 118 Å². The predicted octanol–water partition coefficient (Wildman–Crippen LogP) is 2.32. The molecular formula is C45H55F2N9O10. The lowest BCUT2D eigenvalue weighted by atomic mass is 9.86. The van der Waals surface area contributed by atoms with Gasteiger partial charge in [-0.1, -0.05) is 51.1 Å². The van der Waals surface area contributed by atoms with E-state index in [1.165, 1.54) is 44.3 Å². The van der Waals surface area contributed by atoms with Crippen LogP contribution in [0.3, 0.4) is 0 Å². The first-order valence-electron chi connectivity index (χ1n) is 20.9. The van der Waals surface area contributed by atoms with E-state index in [0.717, 1.165) is 10.5 Å². The zero-order chi connectivity index (χ0) is 48.6. The van der Waals surface area contributed by atoms with Crippen LogP contribution in [0, 0.1) is 0 Å². The lowest BCUT2D eigenvalue weighted by molar-refractivity contribution is -0.142. The number of carboxylic acids is 1. The average Bonchev–Trinajstić information content (AvgIpc) is 3.27. The number of ether oxygens (including phenoxy) is 2. The number of hydrogen-bond donors (Lipinski definition) is 9. The van der Waals surface area contributed by atoms with Crippen molar-refractivity contribution in [2.24, 2.45) is 11.5 Å². The molecule has 19 nitrogen and oxygen atoms in total. The summed E-state index contributed by atoms with van der Waals surface area (Å²) in [6.45, 7) is 6.16. The van der Waals surface area contributed by atoms with Crippen molar-refractivity contribution in [3.63, 3.8) is 0 Å². The Bertz CT molecular complexity index is 2450. The predicted molar refractivity (Wildman–Crippen MR) is 238 cm³/mol. The van der Waals surface area contributed by atoms with Crippen molar-refractivity contribution in [3.8, 4) is 39.8 Å². The molecule has 1 aliphatic rings. The minimum atomic E-state index is -3.29. The summed E-state index contributed by atoms with van der Waals surface area (Å²) in [5.74, 6) is -6.73. The summed E-state index contributed by atoms with van der Waals surface area (Å²) >= 11 is 0. The number of benzene rings is 3. The number of nitrogen functional groups attached to an aromatic ring is 1. The number of fused-ring (bicyclic) bond motifs is 5. The molecule has 66 heavy (non-hydrogen) atoms. The second-order valence-corrected chi connectivity index (χ2v) is 16.7. The summed E-state index contributed by atoms with van der Waals surface area (Å²) in [6.07, 6.45) is -4.31. The second-order valence-electron chi connectivity index (χ2n) is 16.7. The molecule has 2 heterocycles. The number of amides is 4. The summed E-state index contributed by atoms with van der Waals surface area (Å²) < 4.78 is 40.9. The van der Waals surface area contributed by atoms with E-state index < -0.39 is 89.6 Å². The van der Waals surface area contributed by atoms with Crippen LogP contribution in [0.5, 0.6) is 17.2 Å². The molecule has 1 aliphatic heterocycles. The summed E-state index contributed by atoms with van der Waals surface area (Å²) in [7, 11) is 1.19. The molecule has 4 aromatic rings. The fourth-order valence-corrected chi connectivity index (χ4v) is 6.95. The first-order chi connectivity index (χ1) is 31.1. The number of phenolic OH excluding ortho intramolecular Hbond substituents is 1. The van der Waals surface area contributed by atoms with E-state index in [2.05, 4.69) is 25.9 Å². The van der Waals surface area contributed by atoms with E-state index in [1.807, 2.05) is 20.8 Å². The number of phenols is 1. The number of carboxylic acid groups (broad SMARTS) is 1. The Labute approximate surface area is 379 Å².